The summed E-state index contributed by atoms with van der Waals surface area (Å²) in [6.07, 6.45) is 0. The first-order chi connectivity index (χ1) is 28.3. The molecule has 0 nitrogen and oxygen atoms in total. The van der Waals surface area contributed by atoms with E-state index in [-0.39, 0.29) is 0 Å². The summed E-state index contributed by atoms with van der Waals surface area (Å²) in [7, 11) is 0. The van der Waals surface area contributed by atoms with Crippen LogP contribution < -0.4 is 0 Å². The standard InChI is InChI=1S/C56H36S/c1-4-16-37(17-5-1)40-22-14-24-42(32-40)45-35-50(56-52(36-45)46-26-12-13-29-53(46)57-56)44-25-15-23-41(33-44)43-30-31-49-51(34-43)55(39-20-8-3-9-21-39)48-28-11-10-27-47(48)54(49)38-18-6-2-7-19-38/h1-36H. The van der Waals surface area contributed by atoms with E-state index in [0.29, 0.717) is 0 Å². The molecule has 0 aliphatic heterocycles. The predicted octanol–water partition coefficient (Wildman–Crippen LogP) is 16.4. The normalized spacial score (nSPS) is 11.5. The molecule has 57 heavy (non-hydrogen) atoms. The highest BCUT2D eigenvalue weighted by Crippen LogP contribution is 2.46. The minimum absolute atomic E-state index is 1.20. The third kappa shape index (κ3) is 5.84. The van der Waals surface area contributed by atoms with Crippen molar-refractivity contribution in [2.45, 2.75) is 0 Å². The largest absolute Gasteiger partial charge is 0.135 e. The van der Waals surface area contributed by atoms with Gasteiger partial charge in [-0.1, -0.05) is 182 Å². The van der Waals surface area contributed by atoms with E-state index in [1.165, 1.54) is 108 Å². The van der Waals surface area contributed by atoms with E-state index in [1.807, 2.05) is 11.3 Å². The number of hydrogen-bond acceptors (Lipinski definition) is 1. The summed E-state index contributed by atoms with van der Waals surface area (Å²) in [5.41, 5.74) is 14.8. The molecule has 0 unspecified atom stereocenters. The average Bonchev–Trinajstić information content (AvgIpc) is 3.67. The van der Waals surface area contributed by atoms with Crippen molar-refractivity contribution in [1.29, 1.82) is 0 Å². The Morgan fingerprint density at radius 3 is 1.33 bits per heavy atom. The predicted molar refractivity (Wildman–Crippen MR) is 247 cm³/mol. The molecule has 1 heterocycles. The lowest BCUT2D eigenvalue weighted by molar-refractivity contribution is 1.59. The van der Waals surface area contributed by atoms with Gasteiger partial charge < -0.3 is 0 Å². The third-order valence-corrected chi connectivity index (χ3v) is 12.7. The summed E-state index contributed by atoms with van der Waals surface area (Å²) >= 11 is 1.89. The van der Waals surface area contributed by atoms with Gasteiger partial charge in [-0.25, -0.2) is 0 Å². The lowest BCUT2D eigenvalue weighted by Gasteiger charge is -2.19. The Morgan fingerprint density at radius 2 is 0.667 bits per heavy atom. The van der Waals surface area contributed by atoms with Crippen molar-refractivity contribution in [3.63, 3.8) is 0 Å². The first kappa shape index (κ1) is 33.3. The molecule has 1 aromatic heterocycles. The maximum atomic E-state index is 2.43. The maximum absolute atomic E-state index is 2.43. The van der Waals surface area contributed by atoms with Crippen molar-refractivity contribution < 1.29 is 0 Å². The van der Waals surface area contributed by atoms with Gasteiger partial charge in [0.15, 0.2) is 0 Å². The molecule has 0 saturated heterocycles. The smallest absolute Gasteiger partial charge is 0.0434 e. The molecule has 0 atom stereocenters. The molecule has 0 fully saturated rings. The average molecular weight is 741 g/mol. The van der Waals surface area contributed by atoms with Gasteiger partial charge in [0, 0.05) is 25.7 Å². The summed E-state index contributed by atoms with van der Waals surface area (Å²) in [4.78, 5) is 0. The van der Waals surface area contributed by atoms with Crippen LogP contribution in [0.5, 0.6) is 0 Å². The van der Waals surface area contributed by atoms with Crippen molar-refractivity contribution in [3.05, 3.63) is 218 Å². The molecular formula is C56H36S. The second kappa shape index (κ2) is 13.9. The highest BCUT2D eigenvalue weighted by Gasteiger charge is 2.19. The zero-order chi connectivity index (χ0) is 37.7. The Labute approximate surface area is 336 Å². The highest BCUT2D eigenvalue weighted by atomic mass is 32.1. The van der Waals surface area contributed by atoms with Gasteiger partial charge in [0.25, 0.3) is 0 Å². The van der Waals surface area contributed by atoms with Gasteiger partial charge >= 0.3 is 0 Å². The van der Waals surface area contributed by atoms with E-state index in [2.05, 4.69) is 218 Å². The van der Waals surface area contributed by atoms with Crippen LogP contribution in [0.25, 0.3) is 108 Å². The number of fused-ring (bicyclic) bond motifs is 5. The minimum atomic E-state index is 1.20. The summed E-state index contributed by atoms with van der Waals surface area (Å²) in [6, 6.07) is 80.2. The molecule has 10 aromatic carbocycles. The number of thiophene rings is 1. The lowest BCUT2D eigenvalue weighted by atomic mass is 9.84. The van der Waals surface area contributed by atoms with Gasteiger partial charge in [-0.3, -0.25) is 0 Å². The fraction of sp³-hybridized carbons (Fsp3) is 0. The van der Waals surface area contributed by atoms with Crippen LogP contribution in [-0.4, -0.2) is 0 Å². The maximum Gasteiger partial charge on any atom is 0.0434 e. The topological polar surface area (TPSA) is 0 Å². The Morgan fingerprint density at radius 1 is 0.228 bits per heavy atom. The summed E-state index contributed by atoms with van der Waals surface area (Å²) in [6.45, 7) is 0. The molecule has 0 N–H and O–H groups in total. The third-order valence-electron chi connectivity index (χ3n) is 11.4. The van der Waals surface area contributed by atoms with Crippen LogP contribution in [0.1, 0.15) is 0 Å². The van der Waals surface area contributed by atoms with Crippen molar-refractivity contribution >= 4 is 53.1 Å². The second-order valence-electron chi connectivity index (χ2n) is 14.8. The molecule has 0 spiro atoms. The molecular weight excluding hydrogens is 705 g/mol. The van der Waals surface area contributed by atoms with E-state index < -0.39 is 0 Å². The zero-order valence-corrected chi connectivity index (χ0v) is 32.0. The van der Waals surface area contributed by atoms with E-state index in [0.717, 1.165) is 0 Å². The molecule has 266 valence electrons. The summed E-state index contributed by atoms with van der Waals surface area (Å²) in [5.74, 6) is 0. The van der Waals surface area contributed by atoms with Crippen LogP contribution in [0, 0.1) is 0 Å². The second-order valence-corrected chi connectivity index (χ2v) is 15.9. The summed E-state index contributed by atoms with van der Waals surface area (Å²) in [5, 5.41) is 7.66. The van der Waals surface area contributed by atoms with Crippen molar-refractivity contribution in [2.75, 3.05) is 0 Å². The van der Waals surface area contributed by atoms with E-state index in [9.17, 15) is 0 Å². The zero-order valence-electron chi connectivity index (χ0n) is 31.2. The van der Waals surface area contributed by atoms with Crippen LogP contribution in [0.3, 0.4) is 0 Å². The van der Waals surface area contributed by atoms with Crippen LogP contribution in [0.15, 0.2) is 218 Å². The van der Waals surface area contributed by atoms with E-state index >= 15 is 0 Å². The van der Waals surface area contributed by atoms with Gasteiger partial charge in [0.05, 0.1) is 0 Å². The number of rotatable bonds is 6. The van der Waals surface area contributed by atoms with Crippen LogP contribution in [0.2, 0.25) is 0 Å². The Kier molecular flexibility index (Phi) is 8.12. The van der Waals surface area contributed by atoms with Crippen LogP contribution in [0.4, 0.5) is 0 Å². The molecule has 11 rings (SSSR count). The van der Waals surface area contributed by atoms with Gasteiger partial charge in [0.1, 0.15) is 0 Å². The molecule has 0 aliphatic rings. The quantitative estimate of drug-likeness (QED) is 0.149. The molecule has 0 radical (unpaired) electrons. The molecule has 1 heteroatoms. The van der Waals surface area contributed by atoms with Gasteiger partial charge in [-0.05, 0) is 119 Å². The Balaban J connectivity index is 1.12. The SMILES string of the molecule is c1ccc(-c2cccc(-c3cc(-c4cccc(-c5ccc6c(-c7ccccc7)c7ccccc7c(-c7ccccc7)c6c5)c4)c4sc5ccccc5c4c3)c2)cc1. The number of hydrogen-bond donors (Lipinski definition) is 0. The van der Waals surface area contributed by atoms with Crippen molar-refractivity contribution in [2.24, 2.45) is 0 Å². The van der Waals surface area contributed by atoms with Gasteiger partial charge in [0.2, 0.25) is 0 Å². The lowest BCUT2D eigenvalue weighted by Crippen LogP contribution is -1.91. The fourth-order valence-electron chi connectivity index (χ4n) is 8.77. The monoisotopic (exact) mass is 740 g/mol. The molecule has 11 aromatic rings. The van der Waals surface area contributed by atoms with E-state index in [1.54, 1.807) is 0 Å². The Hall–Kier alpha value is -7.06. The van der Waals surface area contributed by atoms with E-state index in [4.69, 9.17) is 0 Å². The van der Waals surface area contributed by atoms with Crippen LogP contribution in [-0.2, 0) is 0 Å². The van der Waals surface area contributed by atoms with Crippen molar-refractivity contribution in [3.8, 4) is 66.8 Å². The van der Waals surface area contributed by atoms with Crippen molar-refractivity contribution in [1.82, 2.24) is 0 Å². The molecule has 0 bridgehead atoms. The highest BCUT2D eigenvalue weighted by molar-refractivity contribution is 7.26. The van der Waals surface area contributed by atoms with Gasteiger partial charge in [-0.15, -0.1) is 11.3 Å². The molecule has 0 saturated carbocycles. The van der Waals surface area contributed by atoms with Gasteiger partial charge in [-0.2, -0.15) is 0 Å². The molecule has 0 amide bonds. The first-order valence-corrected chi connectivity index (χ1v) is 20.4. The first-order valence-electron chi connectivity index (χ1n) is 19.6. The fourth-order valence-corrected chi connectivity index (χ4v) is 9.99. The van der Waals surface area contributed by atoms with Crippen LogP contribution >= 0.6 is 11.3 Å². The molecule has 0 aliphatic carbocycles. The Bertz CT molecular complexity index is 3270. The summed E-state index contributed by atoms with van der Waals surface area (Å²) < 4.78 is 2.63. The number of benzene rings is 10. The minimum Gasteiger partial charge on any atom is -0.135 e.